The van der Waals surface area contributed by atoms with Gasteiger partial charge in [-0.25, -0.2) is 0 Å². The second-order valence-electron chi connectivity index (χ2n) is 7.21. The van der Waals surface area contributed by atoms with Crippen molar-refractivity contribution in [1.82, 2.24) is 5.32 Å². The van der Waals surface area contributed by atoms with Gasteiger partial charge in [-0.3, -0.25) is 0 Å². The molecule has 1 unspecified atom stereocenters. The molecule has 2 aromatic rings. The monoisotopic (exact) mass is 339 g/mol. The van der Waals surface area contributed by atoms with Gasteiger partial charge >= 0.3 is 0 Å². The van der Waals surface area contributed by atoms with Crippen LogP contribution in [0.15, 0.2) is 54.6 Å². The number of benzene rings is 2. The Bertz CT molecular complexity index is 618. The van der Waals surface area contributed by atoms with Gasteiger partial charge in [0.1, 0.15) is 5.75 Å². The topological polar surface area (TPSA) is 52.5 Å². The second-order valence-corrected chi connectivity index (χ2v) is 7.21. The molecule has 0 radical (unpaired) electrons. The van der Waals surface area contributed by atoms with Gasteiger partial charge < -0.3 is 15.5 Å². The number of nitrogens with one attached hydrogen (secondary N) is 1. The van der Waals surface area contributed by atoms with Gasteiger partial charge in [-0.15, -0.1) is 0 Å². The molecule has 0 bridgehead atoms. The summed E-state index contributed by atoms with van der Waals surface area (Å²) in [6, 6.07) is 18.8. The minimum Gasteiger partial charge on any atom is -0.508 e. The highest BCUT2D eigenvalue weighted by Crippen LogP contribution is 2.33. The van der Waals surface area contributed by atoms with Crippen molar-refractivity contribution >= 4 is 0 Å². The molecular formula is C22H29NO2. The van der Waals surface area contributed by atoms with Gasteiger partial charge in [0.15, 0.2) is 0 Å². The van der Waals surface area contributed by atoms with Crippen LogP contribution in [0.2, 0.25) is 0 Å². The van der Waals surface area contributed by atoms with Crippen molar-refractivity contribution in [3.05, 3.63) is 65.7 Å². The zero-order valence-electron chi connectivity index (χ0n) is 14.8. The van der Waals surface area contributed by atoms with E-state index in [1.165, 1.54) is 24.0 Å². The lowest BCUT2D eigenvalue weighted by atomic mass is 9.81. The summed E-state index contributed by atoms with van der Waals surface area (Å²) in [7, 11) is 0. The van der Waals surface area contributed by atoms with E-state index in [2.05, 4.69) is 29.6 Å². The van der Waals surface area contributed by atoms with Gasteiger partial charge in [0.25, 0.3) is 0 Å². The Balaban J connectivity index is 1.44. The first-order valence-corrected chi connectivity index (χ1v) is 9.44. The quantitative estimate of drug-likeness (QED) is 0.714. The van der Waals surface area contributed by atoms with Crippen LogP contribution >= 0.6 is 0 Å². The van der Waals surface area contributed by atoms with E-state index in [0.29, 0.717) is 17.7 Å². The average Bonchev–Trinajstić information content (AvgIpc) is 2.67. The molecule has 1 saturated carbocycles. The fourth-order valence-corrected chi connectivity index (χ4v) is 3.89. The standard InChI is InChI=1S/C22H29NO2/c24-16-21(11-6-17-4-2-1-3-5-17)23-20-12-7-18(8-13-20)19-9-14-22(25)15-10-19/h1-5,9-10,14-15,18,20-21,23-25H,6-8,11-13,16H2. The SMILES string of the molecule is OCC(CCc1ccccc1)NC1CCC(c2ccc(O)cc2)CC1. The average molecular weight is 339 g/mol. The molecular weight excluding hydrogens is 310 g/mol. The molecule has 0 amide bonds. The van der Waals surface area contributed by atoms with Crippen molar-refractivity contribution in [3.8, 4) is 5.75 Å². The molecule has 1 aliphatic carbocycles. The summed E-state index contributed by atoms with van der Waals surface area (Å²) in [5.41, 5.74) is 2.66. The van der Waals surface area contributed by atoms with Crippen LogP contribution in [0.3, 0.4) is 0 Å². The molecule has 3 heteroatoms. The molecule has 0 spiro atoms. The Morgan fingerprint density at radius 1 is 0.920 bits per heavy atom. The number of aliphatic hydroxyl groups is 1. The van der Waals surface area contributed by atoms with Gasteiger partial charge in [-0.2, -0.15) is 0 Å². The van der Waals surface area contributed by atoms with E-state index in [9.17, 15) is 10.2 Å². The molecule has 3 N–H and O–H groups in total. The maximum atomic E-state index is 9.70. The van der Waals surface area contributed by atoms with Gasteiger partial charge in [0, 0.05) is 12.1 Å². The number of hydrogen-bond acceptors (Lipinski definition) is 3. The molecule has 0 aliphatic heterocycles. The Morgan fingerprint density at radius 3 is 2.24 bits per heavy atom. The summed E-state index contributed by atoms with van der Waals surface area (Å²) in [6.07, 6.45) is 6.60. The molecule has 25 heavy (non-hydrogen) atoms. The Labute approximate surface area is 150 Å². The van der Waals surface area contributed by atoms with Crippen LogP contribution < -0.4 is 5.32 Å². The van der Waals surface area contributed by atoms with Crippen molar-refractivity contribution in [2.45, 2.75) is 56.5 Å². The van der Waals surface area contributed by atoms with Crippen LogP contribution in [-0.2, 0) is 6.42 Å². The molecule has 1 atom stereocenters. The van der Waals surface area contributed by atoms with E-state index < -0.39 is 0 Å². The fourth-order valence-electron chi connectivity index (χ4n) is 3.89. The van der Waals surface area contributed by atoms with Crippen molar-refractivity contribution in [3.63, 3.8) is 0 Å². The number of aliphatic hydroxyl groups excluding tert-OH is 1. The van der Waals surface area contributed by atoms with E-state index in [4.69, 9.17) is 0 Å². The summed E-state index contributed by atoms with van der Waals surface area (Å²) >= 11 is 0. The highest BCUT2D eigenvalue weighted by atomic mass is 16.3. The van der Waals surface area contributed by atoms with Gasteiger partial charge in [-0.1, -0.05) is 42.5 Å². The summed E-state index contributed by atoms with van der Waals surface area (Å²) in [4.78, 5) is 0. The lowest BCUT2D eigenvalue weighted by Crippen LogP contribution is -2.42. The summed E-state index contributed by atoms with van der Waals surface area (Å²) < 4.78 is 0. The smallest absolute Gasteiger partial charge is 0.115 e. The number of phenolic OH excluding ortho intramolecular Hbond substituents is 1. The lowest BCUT2D eigenvalue weighted by Gasteiger charge is -2.32. The molecule has 3 nitrogen and oxygen atoms in total. The maximum Gasteiger partial charge on any atom is 0.115 e. The van der Waals surface area contributed by atoms with Gasteiger partial charge in [-0.05, 0) is 67.7 Å². The van der Waals surface area contributed by atoms with Gasteiger partial charge in [0.2, 0.25) is 0 Å². The minimum atomic E-state index is 0.176. The molecule has 3 rings (SSSR count). The van der Waals surface area contributed by atoms with Crippen LogP contribution in [0.25, 0.3) is 0 Å². The number of aromatic hydroxyl groups is 1. The number of phenols is 1. The molecule has 0 heterocycles. The van der Waals surface area contributed by atoms with Crippen LogP contribution in [0.1, 0.15) is 49.1 Å². The first-order valence-electron chi connectivity index (χ1n) is 9.44. The van der Waals surface area contributed by atoms with Crippen molar-refractivity contribution in [1.29, 1.82) is 0 Å². The first-order chi connectivity index (χ1) is 12.2. The fraction of sp³-hybridized carbons (Fsp3) is 0.455. The predicted octanol–water partition coefficient (Wildman–Crippen LogP) is 4.00. The van der Waals surface area contributed by atoms with Crippen molar-refractivity contribution in [2.75, 3.05) is 6.61 Å². The normalized spacial score (nSPS) is 21.8. The predicted molar refractivity (Wildman–Crippen MR) is 102 cm³/mol. The van der Waals surface area contributed by atoms with E-state index >= 15 is 0 Å². The van der Waals surface area contributed by atoms with E-state index in [1.54, 1.807) is 12.1 Å². The number of rotatable bonds is 7. The van der Waals surface area contributed by atoms with E-state index in [0.717, 1.165) is 25.7 Å². The van der Waals surface area contributed by atoms with Crippen LogP contribution in [0.4, 0.5) is 0 Å². The maximum absolute atomic E-state index is 9.70. The third-order valence-corrected chi connectivity index (χ3v) is 5.41. The van der Waals surface area contributed by atoms with Gasteiger partial charge in [0.05, 0.1) is 6.61 Å². The Morgan fingerprint density at radius 2 is 1.60 bits per heavy atom. The Hall–Kier alpha value is -1.84. The largest absolute Gasteiger partial charge is 0.508 e. The molecule has 2 aromatic carbocycles. The minimum absolute atomic E-state index is 0.176. The van der Waals surface area contributed by atoms with Crippen molar-refractivity contribution < 1.29 is 10.2 Å². The third kappa shape index (κ3) is 5.32. The zero-order chi connectivity index (χ0) is 17.5. The van der Waals surface area contributed by atoms with E-state index in [-0.39, 0.29) is 12.6 Å². The summed E-state index contributed by atoms with van der Waals surface area (Å²) in [5.74, 6) is 0.929. The highest BCUT2D eigenvalue weighted by Gasteiger charge is 2.24. The molecule has 0 aromatic heterocycles. The highest BCUT2D eigenvalue weighted by molar-refractivity contribution is 5.28. The summed E-state index contributed by atoms with van der Waals surface area (Å²) in [5, 5.41) is 22.8. The Kier molecular flexibility index (Phi) is 6.48. The number of hydrogen-bond donors (Lipinski definition) is 3. The molecule has 1 aliphatic rings. The molecule has 0 saturated heterocycles. The lowest BCUT2D eigenvalue weighted by molar-refractivity contribution is 0.209. The van der Waals surface area contributed by atoms with Crippen LogP contribution in [0, 0.1) is 0 Å². The molecule has 1 fully saturated rings. The zero-order valence-corrected chi connectivity index (χ0v) is 14.8. The first kappa shape index (κ1) is 18.0. The van der Waals surface area contributed by atoms with Crippen molar-refractivity contribution in [2.24, 2.45) is 0 Å². The van der Waals surface area contributed by atoms with Crippen LogP contribution in [0.5, 0.6) is 5.75 Å². The third-order valence-electron chi connectivity index (χ3n) is 5.41. The number of aryl methyl sites for hydroxylation is 1. The van der Waals surface area contributed by atoms with E-state index in [1.807, 2.05) is 18.2 Å². The molecule has 134 valence electrons. The summed E-state index contributed by atoms with van der Waals surface area (Å²) in [6.45, 7) is 0.199. The second kappa shape index (κ2) is 9.02. The van der Waals surface area contributed by atoms with Crippen LogP contribution in [-0.4, -0.2) is 28.9 Å².